The Hall–Kier alpha value is -2.28. The predicted octanol–water partition coefficient (Wildman–Crippen LogP) is 3.07. The Balaban J connectivity index is 2.07. The van der Waals surface area contributed by atoms with Crippen LogP contribution < -0.4 is 4.74 Å². The van der Waals surface area contributed by atoms with Gasteiger partial charge in [0.1, 0.15) is 5.75 Å². The number of esters is 1. The van der Waals surface area contributed by atoms with Crippen molar-refractivity contribution in [1.29, 1.82) is 0 Å². The standard InChI is InChI=1S/C17H19NO5S/c1-4-11(2)18-16(20)14(24-17(18)21)9-12-5-7-13(8-6-12)23-10-15(19)22-3/h5-9,11H,4,10H2,1-3H3/b14-9+. The van der Waals surface area contributed by atoms with Gasteiger partial charge in [-0.25, -0.2) is 4.79 Å². The Morgan fingerprint density at radius 2 is 1.96 bits per heavy atom. The van der Waals surface area contributed by atoms with Gasteiger partial charge >= 0.3 is 5.97 Å². The lowest BCUT2D eigenvalue weighted by Crippen LogP contribution is -2.36. The van der Waals surface area contributed by atoms with Gasteiger partial charge in [-0.05, 0) is 48.9 Å². The zero-order valence-corrected chi connectivity index (χ0v) is 14.6. The molecular formula is C17H19NO5S. The van der Waals surface area contributed by atoms with E-state index in [-0.39, 0.29) is 23.8 Å². The number of carbonyl (C=O) groups is 3. The molecular weight excluding hydrogens is 330 g/mol. The lowest BCUT2D eigenvalue weighted by molar-refractivity contribution is -0.142. The quantitative estimate of drug-likeness (QED) is 0.580. The van der Waals surface area contributed by atoms with Crippen LogP contribution in [-0.4, -0.2) is 41.8 Å². The molecule has 24 heavy (non-hydrogen) atoms. The molecule has 0 aromatic heterocycles. The average Bonchev–Trinajstić information content (AvgIpc) is 2.87. The molecule has 1 aliphatic rings. The highest BCUT2D eigenvalue weighted by atomic mass is 32.2. The number of thioether (sulfide) groups is 1. The van der Waals surface area contributed by atoms with Crippen LogP contribution in [0.5, 0.6) is 5.75 Å². The van der Waals surface area contributed by atoms with Gasteiger partial charge in [-0.3, -0.25) is 14.5 Å². The van der Waals surface area contributed by atoms with E-state index in [0.29, 0.717) is 10.7 Å². The second-order valence-electron chi connectivity index (χ2n) is 5.24. The molecule has 128 valence electrons. The Morgan fingerprint density at radius 3 is 2.54 bits per heavy atom. The van der Waals surface area contributed by atoms with Gasteiger partial charge in [-0.15, -0.1) is 0 Å². The van der Waals surface area contributed by atoms with Crippen molar-refractivity contribution >= 4 is 35.0 Å². The Morgan fingerprint density at radius 1 is 1.29 bits per heavy atom. The minimum absolute atomic E-state index is 0.113. The van der Waals surface area contributed by atoms with Crippen LogP contribution in [0.4, 0.5) is 4.79 Å². The normalized spacial score (nSPS) is 17.3. The molecule has 1 aromatic carbocycles. The lowest BCUT2D eigenvalue weighted by Gasteiger charge is -2.19. The molecule has 6 nitrogen and oxygen atoms in total. The molecule has 1 heterocycles. The first-order chi connectivity index (χ1) is 11.5. The number of imide groups is 1. The van der Waals surface area contributed by atoms with Gasteiger partial charge in [0.05, 0.1) is 12.0 Å². The number of amides is 2. The first-order valence-electron chi connectivity index (χ1n) is 7.53. The molecule has 1 aromatic rings. The number of nitrogens with zero attached hydrogens (tertiary/aromatic N) is 1. The molecule has 0 radical (unpaired) electrons. The second kappa shape index (κ2) is 8.01. The Bertz CT molecular complexity index is 668. The Labute approximate surface area is 144 Å². The fourth-order valence-electron chi connectivity index (χ4n) is 2.06. The summed E-state index contributed by atoms with van der Waals surface area (Å²) < 4.78 is 9.75. The van der Waals surface area contributed by atoms with E-state index < -0.39 is 5.97 Å². The summed E-state index contributed by atoms with van der Waals surface area (Å²) in [5.74, 6) is -0.201. The maximum atomic E-state index is 12.3. The molecule has 7 heteroatoms. The molecule has 0 saturated carbocycles. The van der Waals surface area contributed by atoms with E-state index in [0.717, 1.165) is 23.7 Å². The van der Waals surface area contributed by atoms with Crippen LogP contribution in [0.1, 0.15) is 25.8 Å². The third-order valence-electron chi connectivity index (χ3n) is 3.62. The Kier molecular flexibility index (Phi) is 6.03. The van der Waals surface area contributed by atoms with Crippen LogP contribution in [-0.2, 0) is 14.3 Å². The number of hydrogen-bond acceptors (Lipinski definition) is 6. The first kappa shape index (κ1) is 18.1. The van der Waals surface area contributed by atoms with Crippen molar-refractivity contribution in [2.45, 2.75) is 26.3 Å². The van der Waals surface area contributed by atoms with E-state index in [1.807, 2.05) is 13.8 Å². The molecule has 1 unspecified atom stereocenters. The van der Waals surface area contributed by atoms with Crippen LogP contribution in [0, 0.1) is 0 Å². The number of benzene rings is 1. The van der Waals surface area contributed by atoms with Gasteiger partial charge in [0, 0.05) is 6.04 Å². The summed E-state index contributed by atoms with van der Waals surface area (Å²) in [5, 5.41) is -0.237. The number of hydrogen-bond donors (Lipinski definition) is 0. The van der Waals surface area contributed by atoms with Crippen LogP contribution in [0.3, 0.4) is 0 Å². The predicted molar refractivity (Wildman–Crippen MR) is 91.5 cm³/mol. The fourth-order valence-corrected chi connectivity index (χ4v) is 2.99. The maximum Gasteiger partial charge on any atom is 0.343 e. The molecule has 0 spiro atoms. The van der Waals surface area contributed by atoms with Crippen molar-refractivity contribution in [3.8, 4) is 5.75 Å². The van der Waals surface area contributed by atoms with Crippen LogP contribution in [0.2, 0.25) is 0 Å². The highest BCUT2D eigenvalue weighted by molar-refractivity contribution is 8.18. The van der Waals surface area contributed by atoms with Crippen molar-refractivity contribution in [3.63, 3.8) is 0 Å². The van der Waals surface area contributed by atoms with Gasteiger partial charge in [-0.1, -0.05) is 19.1 Å². The molecule has 1 saturated heterocycles. The van der Waals surface area contributed by atoms with E-state index in [1.54, 1.807) is 30.3 Å². The zero-order chi connectivity index (χ0) is 17.7. The number of ether oxygens (including phenoxy) is 2. The monoisotopic (exact) mass is 349 g/mol. The number of rotatable bonds is 6. The maximum absolute atomic E-state index is 12.3. The third kappa shape index (κ3) is 4.17. The summed E-state index contributed by atoms with van der Waals surface area (Å²) in [7, 11) is 1.29. The van der Waals surface area contributed by atoms with Crippen molar-refractivity contribution in [2.24, 2.45) is 0 Å². The summed E-state index contributed by atoms with van der Waals surface area (Å²) in [6, 6.07) is 6.77. The van der Waals surface area contributed by atoms with Crippen LogP contribution in [0.25, 0.3) is 6.08 Å². The van der Waals surface area contributed by atoms with Gasteiger partial charge in [0.2, 0.25) is 0 Å². The van der Waals surface area contributed by atoms with Gasteiger partial charge in [-0.2, -0.15) is 0 Å². The molecule has 0 bridgehead atoms. The minimum atomic E-state index is -0.460. The lowest BCUT2D eigenvalue weighted by atomic mass is 10.2. The van der Waals surface area contributed by atoms with Crippen LogP contribution >= 0.6 is 11.8 Å². The van der Waals surface area contributed by atoms with Gasteiger partial charge in [0.15, 0.2) is 6.61 Å². The smallest absolute Gasteiger partial charge is 0.343 e. The highest BCUT2D eigenvalue weighted by Crippen LogP contribution is 2.34. The van der Waals surface area contributed by atoms with E-state index in [2.05, 4.69) is 4.74 Å². The number of methoxy groups -OCH3 is 1. The molecule has 0 aliphatic carbocycles. The first-order valence-corrected chi connectivity index (χ1v) is 8.34. The van der Waals surface area contributed by atoms with Gasteiger partial charge < -0.3 is 9.47 Å². The molecule has 1 atom stereocenters. The van der Waals surface area contributed by atoms with E-state index >= 15 is 0 Å². The molecule has 2 rings (SSSR count). The molecule has 0 N–H and O–H groups in total. The fraction of sp³-hybridized carbons (Fsp3) is 0.353. The van der Waals surface area contributed by atoms with Gasteiger partial charge in [0.25, 0.3) is 11.1 Å². The zero-order valence-electron chi connectivity index (χ0n) is 13.8. The van der Waals surface area contributed by atoms with E-state index in [1.165, 1.54) is 12.0 Å². The molecule has 1 fully saturated rings. The summed E-state index contributed by atoms with van der Waals surface area (Å²) in [4.78, 5) is 37.0. The van der Waals surface area contributed by atoms with Crippen molar-refractivity contribution in [3.05, 3.63) is 34.7 Å². The average molecular weight is 349 g/mol. The second-order valence-corrected chi connectivity index (χ2v) is 6.24. The molecule has 2 amide bonds. The summed E-state index contributed by atoms with van der Waals surface area (Å²) in [5.41, 5.74) is 0.773. The van der Waals surface area contributed by atoms with Crippen molar-refractivity contribution in [2.75, 3.05) is 13.7 Å². The summed E-state index contributed by atoms with van der Waals surface area (Å²) >= 11 is 0.948. The SMILES string of the molecule is CCC(C)N1C(=O)S/C(=C/c2ccc(OCC(=O)OC)cc2)C1=O. The highest BCUT2D eigenvalue weighted by Gasteiger charge is 2.37. The largest absolute Gasteiger partial charge is 0.482 e. The van der Waals surface area contributed by atoms with Crippen molar-refractivity contribution in [1.82, 2.24) is 4.90 Å². The third-order valence-corrected chi connectivity index (χ3v) is 4.50. The summed E-state index contributed by atoms with van der Waals surface area (Å²) in [6.45, 7) is 3.63. The van der Waals surface area contributed by atoms with E-state index in [4.69, 9.17) is 4.74 Å². The van der Waals surface area contributed by atoms with Crippen LogP contribution in [0.15, 0.2) is 29.2 Å². The van der Waals surface area contributed by atoms with E-state index in [9.17, 15) is 14.4 Å². The summed E-state index contributed by atoms with van der Waals surface area (Å²) in [6.07, 6.45) is 2.40. The number of carbonyl (C=O) groups excluding carboxylic acids is 3. The molecule has 1 aliphatic heterocycles. The topological polar surface area (TPSA) is 72.9 Å². The van der Waals surface area contributed by atoms with Crippen molar-refractivity contribution < 1.29 is 23.9 Å². The minimum Gasteiger partial charge on any atom is -0.482 e.